The molecule has 3 aromatic rings. The predicted octanol–water partition coefficient (Wildman–Crippen LogP) is 3.48. The summed E-state index contributed by atoms with van der Waals surface area (Å²) in [5.74, 6) is 0.485. The van der Waals surface area contributed by atoms with Crippen molar-refractivity contribution >= 4 is 16.8 Å². The first kappa shape index (κ1) is 21.3. The number of aryl methyl sites for hydroxylation is 3. The maximum atomic E-state index is 12.5. The molecule has 0 atom stereocenters. The van der Waals surface area contributed by atoms with Crippen molar-refractivity contribution in [3.05, 3.63) is 63.7 Å². The Bertz CT molecular complexity index is 1130. The number of nitrogens with one attached hydrogen (secondary N) is 1. The molecule has 0 saturated carbocycles. The van der Waals surface area contributed by atoms with E-state index in [1.165, 1.54) is 21.1 Å². The van der Waals surface area contributed by atoms with Gasteiger partial charge in [-0.05, 0) is 61.6 Å². The van der Waals surface area contributed by atoms with E-state index in [-0.39, 0.29) is 18.0 Å². The van der Waals surface area contributed by atoms with E-state index in [0.717, 1.165) is 56.3 Å². The first-order valence-corrected chi connectivity index (χ1v) is 11.4. The zero-order valence-corrected chi connectivity index (χ0v) is 18.6. The van der Waals surface area contributed by atoms with Crippen molar-refractivity contribution in [2.75, 3.05) is 6.54 Å². The van der Waals surface area contributed by atoms with Crippen LogP contribution in [0.2, 0.25) is 0 Å². The monoisotopic (exact) mass is 420 g/mol. The maximum Gasteiger partial charge on any atom is 0.267 e. The number of carbonyl (C=O) groups is 1. The summed E-state index contributed by atoms with van der Waals surface area (Å²) in [5, 5.41) is 8.64. The molecule has 1 aliphatic rings. The highest BCUT2D eigenvalue weighted by molar-refractivity contribution is 5.84. The highest BCUT2D eigenvalue weighted by Crippen LogP contribution is 2.22. The number of amides is 1. The zero-order chi connectivity index (χ0) is 21.8. The van der Waals surface area contributed by atoms with E-state index in [1.54, 1.807) is 6.07 Å². The number of hydrogen-bond donors (Lipinski definition) is 1. The molecular formula is C25H32N4O2. The van der Waals surface area contributed by atoms with Crippen molar-refractivity contribution in [1.82, 2.24) is 19.7 Å². The molecule has 1 aromatic carbocycles. The van der Waals surface area contributed by atoms with Crippen LogP contribution in [0.3, 0.4) is 0 Å². The van der Waals surface area contributed by atoms with Crippen molar-refractivity contribution < 1.29 is 4.79 Å². The molecule has 0 spiro atoms. The summed E-state index contributed by atoms with van der Waals surface area (Å²) in [6.45, 7) is 5.99. The van der Waals surface area contributed by atoms with Crippen molar-refractivity contribution in [3.8, 4) is 0 Å². The van der Waals surface area contributed by atoms with Gasteiger partial charge in [0, 0.05) is 36.3 Å². The Morgan fingerprint density at radius 3 is 2.84 bits per heavy atom. The van der Waals surface area contributed by atoms with Gasteiger partial charge in [0.15, 0.2) is 0 Å². The fourth-order valence-corrected chi connectivity index (χ4v) is 4.35. The number of carbonyl (C=O) groups excluding carboxylic acids is 1. The van der Waals surface area contributed by atoms with Crippen molar-refractivity contribution in [3.63, 3.8) is 0 Å². The van der Waals surface area contributed by atoms with Crippen LogP contribution in [0.5, 0.6) is 0 Å². The van der Waals surface area contributed by atoms with Gasteiger partial charge in [-0.2, -0.15) is 5.10 Å². The highest BCUT2D eigenvalue weighted by Gasteiger charge is 2.15. The Balaban J connectivity index is 1.38. The van der Waals surface area contributed by atoms with Crippen LogP contribution in [0.25, 0.3) is 10.9 Å². The van der Waals surface area contributed by atoms with E-state index >= 15 is 0 Å². The number of rotatable bonds is 8. The Labute approximate surface area is 183 Å². The lowest BCUT2D eigenvalue weighted by Gasteiger charge is -2.15. The van der Waals surface area contributed by atoms with Gasteiger partial charge in [0.05, 0.1) is 5.69 Å². The normalized spacial score (nSPS) is 13.5. The molecule has 0 unspecified atom stereocenters. The lowest BCUT2D eigenvalue weighted by atomic mass is 9.97. The topological polar surface area (TPSA) is 68.9 Å². The van der Waals surface area contributed by atoms with E-state index in [4.69, 9.17) is 0 Å². The third-order valence-corrected chi connectivity index (χ3v) is 6.10. The largest absolute Gasteiger partial charge is 0.354 e. The molecule has 0 fully saturated rings. The van der Waals surface area contributed by atoms with Gasteiger partial charge >= 0.3 is 0 Å². The van der Waals surface area contributed by atoms with E-state index < -0.39 is 0 Å². The molecule has 6 heteroatoms. The molecule has 0 radical (unpaired) electrons. The lowest BCUT2D eigenvalue weighted by Crippen LogP contribution is -2.35. The molecule has 2 heterocycles. The third-order valence-electron chi connectivity index (χ3n) is 6.10. The van der Waals surface area contributed by atoms with Crippen molar-refractivity contribution in [2.45, 2.75) is 65.5 Å². The first-order valence-electron chi connectivity index (χ1n) is 11.4. The molecule has 2 aromatic heterocycles. The number of benzene rings is 1. The van der Waals surface area contributed by atoms with Crippen LogP contribution < -0.4 is 10.9 Å². The average Bonchev–Trinajstić information content (AvgIpc) is 3.11. The second-order valence-corrected chi connectivity index (χ2v) is 8.97. The lowest BCUT2D eigenvalue weighted by molar-refractivity contribution is -0.121. The molecule has 0 saturated heterocycles. The third kappa shape index (κ3) is 5.06. The van der Waals surface area contributed by atoms with Crippen LogP contribution in [0, 0.1) is 5.92 Å². The molecule has 1 aliphatic carbocycles. The number of aromatic nitrogens is 3. The fourth-order valence-electron chi connectivity index (χ4n) is 4.35. The minimum Gasteiger partial charge on any atom is -0.354 e. The summed E-state index contributed by atoms with van der Waals surface area (Å²) >= 11 is 0. The summed E-state index contributed by atoms with van der Waals surface area (Å²) in [6.07, 6.45) is 8.11. The van der Waals surface area contributed by atoms with Crippen molar-refractivity contribution in [1.29, 1.82) is 0 Å². The summed E-state index contributed by atoms with van der Waals surface area (Å²) < 4.78 is 3.63. The highest BCUT2D eigenvalue weighted by atomic mass is 16.2. The van der Waals surface area contributed by atoms with Crippen LogP contribution >= 0.6 is 0 Å². The molecular weight excluding hydrogens is 388 g/mol. The van der Waals surface area contributed by atoms with Gasteiger partial charge in [-0.25, -0.2) is 4.68 Å². The standard InChI is InChI=1S/C25H32N4O2/c1-18(2)12-14-28-16-20(21-8-4-6-10-23(21)28)11-13-26-24(30)17-29-25(31)15-19-7-3-5-9-22(19)27-29/h4,6,8,10,15-16,18H,3,5,7,9,11-14,17H2,1-2H3,(H,26,30). The number of hydrogen-bond acceptors (Lipinski definition) is 3. The number of para-hydroxylation sites is 1. The molecule has 164 valence electrons. The minimum atomic E-state index is -0.191. The Kier molecular flexibility index (Phi) is 6.54. The summed E-state index contributed by atoms with van der Waals surface area (Å²) in [5.41, 5.74) is 4.30. The van der Waals surface area contributed by atoms with Crippen LogP contribution in [0.15, 0.2) is 41.3 Å². The van der Waals surface area contributed by atoms with Gasteiger partial charge in [-0.1, -0.05) is 32.0 Å². The van der Waals surface area contributed by atoms with E-state index in [2.05, 4.69) is 59.3 Å². The van der Waals surface area contributed by atoms with Gasteiger partial charge in [-0.3, -0.25) is 9.59 Å². The minimum absolute atomic E-state index is 0.0255. The van der Waals surface area contributed by atoms with Crippen LogP contribution in [-0.4, -0.2) is 26.8 Å². The molecule has 1 amide bonds. The van der Waals surface area contributed by atoms with Gasteiger partial charge in [-0.15, -0.1) is 0 Å². The molecule has 0 bridgehead atoms. The SMILES string of the molecule is CC(C)CCn1cc(CCNC(=O)Cn2nc3c(cc2=O)CCCC3)c2ccccc21. The summed E-state index contributed by atoms with van der Waals surface area (Å²) in [6, 6.07) is 10.1. The molecule has 1 N–H and O–H groups in total. The van der Waals surface area contributed by atoms with Crippen molar-refractivity contribution in [2.24, 2.45) is 5.92 Å². The van der Waals surface area contributed by atoms with Gasteiger partial charge in [0.2, 0.25) is 5.91 Å². The maximum absolute atomic E-state index is 12.5. The van der Waals surface area contributed by atoms with Crippen LogP contribution in [0.4, 0.5) is 0 Å². The quantitative estimate of drug-likeness (QED) is 0.607. The molecule has 4 rings (SSSR count). The molecule has 31 heavy (non-hydrogen) atoms. The zero-order valence-electron chi connectivity index (χ0n) is 18.6. The van der Waals surface area contributed by atoms with Gasteiger partial charge in [0.1, 0.15) is 6.54 Å². The smallest absolute Gasteiger partial charge is 0.267 e. The summed E-state index contributed by atoms with van der Waals surface area (Å²) in [7, 11) is 0. The second-order valence-electron chi connectivity index (χ2n) is 8.97. The fraction of sp³-hybridized carbons (Fsp3) is 0.480. The van der Waals surface area contributed by atoms with Crippen LogP contribution in [-0.2, 0) is 37.1 Å². The Hall–Kier alpha value is -2.89. The average molecular weight is 421 g/mol. The van der Waals surface area contributed by atoms with Crippen LogP contribution in [0.1, 0.15) is 49.9 Å². The van der Waals surface area contributed by atoms with Gasteiger partial charge in [0.25, 0.3) is 5.56 Å². The second kappa shape index (κ2) is 9.50. The van der Waals surface area contributed by atoms with E-state index in [0.29, 0.717) is 12.5 Å². The summed E-state index contributed by atoms with van der Waals surface area (Å²) in [4.78, 5) is 24.8. The predicted molar refractivity (Wildman–Crippen MR) is 123 cm³/mol. The number of fused-ring (bicyclic) bond motifs is 2. The number of nitrogens with zero attached hydrogens (tertiary/aromatic N) is 3. The molecule has 6 nitrogen and oxygen atoms in total. The molecule has 0 aliphatic heterocycles. The first-order chi connectivity index (χ1) is 15.0. The Morgan fingerprint density at radius 2 is 2.00 bits per heavy atom. The van der Waals surface area contributed by atoms with E-state index in [1.807, 2.05) is 0 Å². The van der Waals surface area contributed by atoms with E-state index in [9.17, 15) is 9.59 Å². The van der Waals surface area contributed by atoms with Gasteiger partial charge < -0.3 is 9.88 Å². The Morgan fingerprint density at radius 1 is 1.19 bits per heavy atom.